The molecule has 1 aromatic carbocycles. The first kappa shape index (κ1) is 17.4. The van der Waals surface area contributed by atoms with E-state index >= 15 is 0 Å². The van der Waals surface area contributed by atoms with Crippen molar-refractivity contribution >= 4 is 23.5 Å². The minimum Gasteiger partial charge on any atom is -0.449 e. The zero-order chi connectivity index (χ0) is 17.8. The quantitative estimate of drug-likeness (QED) is 0.671. The number of hydrogen-bond acceptors (Lipinski definition) is 4. The third kappa shape index (κ3) is 4.17. The minimum absolute atomic E-state index is 0.0456. The number of halogens is 1. The maximum absolute atomic E-state index is 12.4. The summed E-state index contributed by atoms with van der Waals surface area (Å²) in [6.45, 7) is 1.56. The minimum atomic E-state index is -0.891. The fourth-order valence-corrected chi connectivity index (χ4v) is 3.08. The number of carbonyl (C=O) groups excluding carboxylic acids is 2. The molecule has 6 heteroatoms. The van der Waals surface area contributed by atoms with E-state index in [0.29, 0.717) is 5.15 Å². The smallest absolute Gasteiger partial charge is 0.340 e. The second-order valence-electron chi connectivity index (χ2n) is 6.07. The van der Waals surface area contributed by atoms with Gasteiger partial charge in [-0.05, 0) is 49.4 Å². The molecule has 2 atom stereocenters. The van der Waals surface area contributed by atoms with E-state index in [1.807, 2.05) is 18.2 Å². The number of amides is 1. The number of esters is 1. The fraction of sp³-hybridized carbons (Fsp3) is 0.316. The number of ether oxygens (including phenoxy) is 1. The van der Waals surface area contributed by atoms with E-state index < -0.39 is 12.1 Å². The highest BCUT2D eigenvalue weighted by molar-refractivity contribution is 6.29. The van der Waals surface area contributed by atoms with Crippen molar-refractivity contribution in [3.8, 4) is 0 Å². The van der Waals surface area contributed by atoms with Crippen molar-refractivity contribution in [2.24, 2.45) is 0 Å². The Hall–Kier alpha value is -2.40. The van der Waals surface area contributed by atoms with Crippen molar-refractivity contribution in [2.45, 2.75) is 38.3 Å². The van der Waals surface area contributed by atoms with Crippen LogP contribution in [-0.4, -0.2) is 23.0 Å². The maximum atomic E-state index is 12.4. The van der Waals surface area contributed by atoms with Crippen LogP contribution in [0.4, 0.5) is 0 Å². The van der Waals surface area contributed by atoms with E-state index in [1.54, 1.807) is 6.92 Å². The topological polar surface area (TPSA) is 68.3 Å². The van der Waals surface area contributed by atoms with Gasteiger partial charge in [-0.15, -0.1) is 0 Å². The number of rotatable bonds is 4. The first-order chi connectivity index (χ1) is 12.0. The summed E-state index contributed by atoms with van der Waals surface area (Å²) in [5.41, 5.74) is 2.66. The third-order valence-electron chi connectivity index (χ3n) is 4.30. The van der Waals surface area contributed by atoms with Crippen molar-refractivity contribution in [3.63, 3.8) is 0 Å². The van der Waals surface area contributed by atoms with Crippen LogP contribution in [0.2, 0.25) is 5.15 Å². The summed E-state index contributed by atoms with van der Waals surface area (Å²) in [6.07, 6.45) is 3.36. The van der Waals surface area contributed by atoms with Crippen LogP contribution in [-0.2, 0) is 16.0 Å². The monoisotopic (exact) mass is 358 g/mol. The van der Waals surface area contributed by atoms with Crippen molar-refractivity contribution in [1.29, 1.82) is 0 Å². The molecule has 0 fully saturated rings. The molecule has 0 radical (unpaired) electrons. The summed E-state index contributed by atoms with van der Waals surface area (Å²) in [6, 6.07) is 11.1. The molecule has 2 aromatic rings. The Bertz CT molecular complexity index is 776. The highest BCUT2D eigenvalue weighted by atomic mass is 35.5. The number of nitrogens with zero attached hydrogens (tertiary/aromatic N) is 1. The molecule has 0 saturated carbocycles. The molecule has 1 amide bonds. The second kappa shape index (κ2) is 7.66. The highest BCUT2D eigenvalue weighted by Crippen LogP contribution is 2.29. The molecular weight excluding hydrogens is 340 g/mol. The lowest BCUT2D eigenvalue weighted by molar-refractivity contribution is -0.130. The fourth-order valence-electron chi connectivity index (χ4n) is 2.97. The predicted octanol–water partition coefficient (Wildman–Crippen LogP) is 3.47. The van der Waals surface area contributed by atoms with Gasteiger partial charge in [0.15, 0.2) is 6.10 Å². The van der Waals surface area contributed by atoms with E-state index in [-0.39, 0.29) is 17.5 Å². The largest absolute Gasteiger partial charge is 0.449 e. The van der Waals surface area contributed by atoms with Crippen LogP contribution < -0.4 is 5.32 Å². The number of pyridine rings is 1. The Morgan fingerprint density at radius 3 is 2.84 bits per heavy atom. The molecule has 3 rings (SSSR count). The summed E-state index contributed by atoms with van der Waals surface area (Å²) in [7, 11) is 0. The maximum Gasteiger partial charge on any atom is 0.340 e. The normalized spacial score (nSPS) is 17.3. The van der Waals surface area contributed by atoms with E-state index in [0.717, 1.165) is 24.8 Å². The van der Waals surface area contributed by atoms with Crippen LogP contribution in [0.15, 0.2) is 42.6 Å². The van der Waals surface area contributed by atoms with Crippen molar-refractivity contribution in [3.05, 3.63) is 64.4 Å². The molecule has 5 nitrogen and oxygen atoms in total. The van der Waals surface area contributed by atoms with Gasteiger partial charge in [0.1, 0.15) is 5.15 Å². The molecular formula is C19H19ClN2O3. The average Bonchev–Trinajstić information content (AvgIpc) is 2.62. The van der Waals surface area contributed by atoms with Crippen LogP contribution in [0.5, 0.6) is 0 Å². The Morgan fingerprint density at radius 1 is 1.28 bits per heavy atom. The van der Waals surface area contributed by atoms with Crippen LogP contribution in [0.3, 0.4) is 0 Å². The molecule has 1 N–H and O–H groups in total. The molecule has 0 bridgehead atoms. The van der Waals surface area contributed by atoms with Gasteiger partial charge >= 0.3 is 5.97 Å². The molecule has 0 aliphatic heterocycles. The Morgan fingerprint density at radius 2 is 2.08 bits per heavy atom. The van der Waals surface area contributed by atoms with Gasteiger partial charge in [0.25, 0.3) is 5.91 Å². The van der Waals surface area contributed by atoms with E-state index in [9.17, 15) is 9.59 Å². The van der Waals surface area contributed by atoms with E-state index in [2.05, 4.69) is 16.4 Å². The van der Waals surface area contributed by atoms with Crippen LogP contribution in [0.25, 0.3) is 0 Å². The summed E-state index contributed by atoms with van der Waals surface area (Å²) >= 11 is 5.69. The molecule has 1 heterocycles. The number of fused-ring (bicyclic) bond motifs is 1. The van der Waals surface area contributed by atoms with Gasteiger partial charge in [-0.3, -0.25) is 4.79 Å². The van der Waals surface area contributed by atoms with Gasteiger partial charge in [0.2, 0.25) is 0 Å². The number of aryl methyl sites for hydroxylation is 1. The first-order valence-corrected chi connectivity index (χ1v) is 8.63. The lowest BCUT2D eigenvalue weighted by atomic mass is 9.87. The lowest BCUT2D eigenvalue weighted by Gasteiger charge is -2.27. The molecule has 130 valence electrons. The van der Waals surface area contributed by atoms with Crippen molar-refractivity contribution < 1.29 is 14.3 Å². The summed E-state index contributed by atoms with van der Waals surface area (Å²) < 4.78 is 5.23. The standard InChI is InChI=1S/C19H19ClN2O3/c1-12(25-19(24)14-9-10-17(20)21-11-14)18(23)22-16-8-4-6-13-5-2-3-7-15(13)16/h2-3,5,7,9-12,16H,4,6,8H2,1H3,(H,22,23)/t12-,16+/m1/s1. The third-order valence-corrected chi connectivity index (χ3v) is 4.53. The van der Waals surface area contributed by atoms with Gasteiger partial charge in [-0.2, -0.15) is 0 Å². The molecule has 1 aromatic heterocycles. The number of benzene rings is 1. The van der Waals surface area contributed by atoms with Crippen LogP contribution in [0, 0.1) is 0 Å². The number of nitrogens with one attached hydrogen (secondary N) is 1. The summed E-state index contributed by atoms with van der Waals surface area (Å²) in [5, 5.41) is 3.28. The summed E-state index contributed by atoms with van der Waals surface area (Å²) in [4.78, 5) is 28.3. The zero-order valence-electron chi connectivity index (χ0n) is 13.9. The van der Waals surface area contributed by atoms with E-state index in [1.165, 1.54) is 23.9 Å². The van der Waals surface area contributed by atoms with Gasteiger partial charge < -0.3 is 10.1 Å². The van der Waals surface area contributed by atoms with Gasteiger partial charge in [0.05, 0.1) is 11.6 Å². The Kier molecular flexibility index (Phi) is 5.34. The molecule has 0 unspecified atom stereocenters. The predicted molar refractivity (Wildman–Crippen MR) is 94.4 cm³/mol. The van der Waals surface area contributed by atoms with Gasteiger partial charge in [-0.1, -0.05) is 35.9 Å². The highest BCUT2D eigenvalue weighted by Gasteiger charge is 2.25. The van der Waals surface area contributed by atoms with Gasteiger partial charge in [-0.25, -0.2) is 9.78 Å². The SMILES string of the molecule is C[C@@H](OC(=O)c1ccc(Cl)nc1)C(=O)N[C@H]1CCCc2ccccc21. The molecule has 1 aliphatic rings. The van der Waals surface area contributed by atoms with Gasteiger partial charge in [0, 0.05) is 6.20 Å². The Balaban J connectivity index is 1.62. The lowest BCUT2D eigenvalue weighted by Crippen LogP contribution is -2.39. The molecule has 0 spiro atoms. The molecule has 1 aliphatic carbocycles. The van der Waals surface area contributed by atoms with Crippen LogP contribution >= 0.6 is 11.6 Å². The second-order valence-corrected chi connectivity index (χ2v) is 6.46. The zero-order valence-corrected chi connectivity index (χ0v) is 14.6. The number of carbonyl (C=O) groups is 2. The summed E-state index contributed by atoms with van der Waals surface area (Å²) in [5.74, 6) is -0.909. The average molecular weight is 359 g/mol. The van der Waals surface area contributed by atoms with E-state index in [4.69, 9.17) is 16.3 Å². The first-order valence-electron chi connectivity index (χ1n) is 8.25. The number of hydrogen-bond donors (Lipinski definition) is 1. The molecule has 25 heavy (non-hydrogen) atoms. The van der Waals surface area contributed by atoms with Crippen molar-refractivity contribution in [2.75, 3.05) is 0 Å². The van der Waals surface area contributed by atoms with Crippen molar-refractivity contribution in [1.82, 2.24) is 10.3 Å². The van der Waals surface area contributed by atoms with Crippen LogP contribution in [0.1, 0.15) is 47.3 Å². The molecule has 0 saturated heterocycles. The number of aromatic nitrogens is 1. The Labute approximate surface area is 151 Å².